The molecule has 1 aromatic rings. The van der Waals surface area contributed by atoms with Crippen LogP contribution in [-0.4, -0.2) is 35.7 Å². The normalized spacial score (nSPS) is 13.7. The number of likely N-dealkylation sites (N-methyl/N-ethyl adjacent to an activating group) is 1. The van der Waals surface area contributed by atoms with E-state index in [-0.39, 0.29) is 6.61 Å². The molecule has 1 N–H and O–H groups in total. The van der Waals surface area contributed by atoms with Crippen LogP contribution in [0.2, 0.25) is 5.02 Å². The van der Waals surface area contributed by atoms with Gasteiger partial charge in [0, 0.05) is 6.54 Å². The molecule has 0 saturated carbocycles. The van der Waals surface area contributed by atoms with Crippen LogP contribution in [0, 0.1) is 0 Å². The van der Waals surface area contributed by atoms with Gasteiger partial charge in [-0.1, -0.05) is 25.4 Å². The summed E-state index contributed by atoms with van der Waals surface area (Å²) in [6, 6.07) is -0.413. The van der Waals surface area contributed by atoms with E-state index in [0.717, 1.165) is 6.42 Å². The second-order valence-corrected chi connectivity index (χ2v) is 4.75. The number of alkyl halides is 3. The summed E-state index contributed by atoms with van der Waals surface area (Å²) in [6.45, 7) is 3.72. The zero-order valence-corrected chi connectivity index (χ0v) is 12.3. The molecule has 0 aliphatic rings. The highest BCUT2D eigenvalue weighted by atomic mass is 35.5. The molecule has 1 heterocycles. The van der Waals surface area contributed by atoms with Crippen molar-refractivity contribution in [2.24, 2.45) is 0 Å². The van der Waals surface area contributed by atoms with E-state index in [1.165, 1.54) is 6.20 Å². The molecule has 1 atom stereocenters. The number of hydrogen-bond acceptors (Lipinski definition) is 3. The highest BCUT2D eigenvalue weighted by Gasteiger charge is 2.29. The number of halogens is 4. The van der Waals surface area contributed by atoms with Crippen LogP contribution in [0.5, 0.6) is 0 Å². The second kappa shape index (κ2) is 7.85. The fourth-order valence-electron chi connectivity index (χ4n) is 1.88. The van der Waals surface area contributed by atoms with Gasteiger partial charge in [0.1, 0.15) is 6.61 Å². The van der Waals surface area contributed by atoms with Crippen molar-refractivity contribution in [2.45, 2.75) is 39.0 Å². The lowest BCUT2D eigenvalue weighted by atomic mass is 10.2. The third-order valence-electron chi connectivity index (χ3n) is 2.60. The molecule has 0 bridgehead atoms. The van der Waals surface area contributed by atoms with E-state index in [9.17, 15) is 13.2 Å². The van der Waals surface area contributed by atoms with Crippen LogP contribution in [0.25, 0.3) is 0 Å². The van der Waals surface area contributed by atoms with Crippen LogP contribution in [0.3, 0.4) is 0 Å². The standard InChI is InChI=1S/C12H19ClF3N3O/c1-3-5-19-11(9(13)6-18-19)10(17-4-2)7-20-8-12(14,15)16/h6,10,17H,3-5,7-8H2,1-2H3. The van der Waals surface area contributed by atoms with Gasteiger partial charge in [-0.2, -0.15) is 18.3 Å². The van der Waals surface area contributed by atoms with Crippen molar-refractivity contribution in [3.63, 3.8) is 0 Å². The van der Waals surface area contributed by atoms with E-state index in [1.54, 1.807) is 4.68 Å². The molecular weight excluding hydrogens is 295 g/mol. The molecule has 0 radical (unpaired) electrons. The van der Waals surface area contributed by atoms with E-state index in [0.29, 0.717) is 23.8 Å². The molecule has 4 nitrogen and oxygen atoms in total. The van der Waals surface area contributed by atoms with Crippen LogP contribution in [0.15, 0.2) is 6.20 Å². The average molecular weight is 314 g/mol. The first-order valence-corrected chi connectivity index (χ1v) is 6.85. The lowest BCUT2D eigenvalue weighted by molar-refractivity contribution is -0.175. The van der Waals surface area contributed by atoms with Crippen molar-refractivity contribution in [3.8, 4) is 0 Å². The zero-order valence-electron chi connectivity index (χ0n) is 11.5. The number of ether oxygens (including phenoxy) is 1. The van der Waals surface area contributed by atoms with Crippen LogP contribution in [-0.2, 0) is 11.3 Å². The van der Waals surface area contributed by atoms with Gasteiger partial charge in [0.25, 0.3) is 0 Å². The second-order valence-electron chi connectivity index (χ2n) is 4.34. The minimum atomic E-state index is -4.33. The number of rotatable bonds is 8. The Morgan fingerprint density at radius 3 is 2.70 bits per heavy atom. The Labute approximate surface area is 121 Å². The van der Waals surface area contributed by atoms with Crippen molar-refractivity contribution in [3.05, 3.63) is 16.9 Å². The van der Waals surface area contributed by atoms with Crippen molar-refractivity contribution in [1.82, 2.24) is 15.1 Å². The van der Waals surface area contributed by atoms with E-state index in [4.69, 9.17) is 16.3 Å². The molecule has 1 unspecified atom stereocenters. The predicted molar refractivity (Wildman–Crippen MR) is 70.8 cm³/mol. The van der Waals surface area contributed by atoms with Gasteiger partial charge in [-0.05, 0) is 13.0 Å². The number of nitrogens with one attached hydrogen (secondary N) is 1. The molecule has 20 heavy (non-hydrogen) atoms. The minimum Gasteiger partial charge on any atom is -0.370 e. The minimum absolute atomic E-state index is 0.109. The Morgan fingerprint density at radius 2 is 2.15 bits per heavy atom. The molecule has 0 aromatic carbocycles. The smallest absolute Gasteiger partial charge is 0.370 e. The Bertz CT molecular complexity index is 409. The lowest BCUT2D eigenvalue weighted by Crippen LogP contribution is -2.30. The molecule has 116 valence electrons. The van der Waals surface area contributed by atoms with Gasteiger partial charge in [-0.15, -0.1) is 0 Å². The number of nitrogens with zero attached hydrogens (tertiary/aromatic N) is 2. The third kappa shape index (κ3) is 5.30. The van der Waals surface area contributed by atoms with Gasteiger partial charge in [0.05, 0.1) is 29.6 Å². The maximum atomic E-state index is 12.1. The maximum Gasteiger partial charge on any atom is 0.411 e. The van der Waals surface area contributed by atoms with Gasteiger partial charge < -0.3 is 10.1 Å². The largest absolute Gasteiger partial charge is 0.411 e. The third-order valence-corrected chi connectivity index (χ3v) is 2.89. The quantitative estimate of drug-likeness (QED) is 0.801. The fourth-order valence-corrected chi connectivity index (χ4v) is 2.15. The van der Waals surface area contributed by atoms with Crippen LogP contribution in [0.4, 0.5) is 13.2 Å². The average Bonchev–Trinajstić information content (AvgIpc) is 2.69. The van der Waals surface area contributed by atoms with Crippen molar-refractivity contribution in [2.75, 3.05) is 19.8 Å². The van der Waals surface area contributed by atoms with Crippen molar-refractivity contribution >= 4 is 11.6 Å². The van der Waals surface area contributed by atoms with E-state index >= 15 is 0 Å². The highest BCUT2D eigenvalue weighted by Crippen LogP contribution is 2.24. The van der Waals surface area contributed by atoms with Crippen molar-refractivity contribution in [1.29, 1.82) is 0 Å². The number of hydrogen-bond donors (Lipinski definition) is 1. The SMILES string of the molecule is CCCn1ncc(Cl)c1C(COCC(F)(F)F)NCC. The maximum absolute atomic E-state index is 12.1. The first kappa shape index (κ1) is 17.3. The first-order valence-electron chi connectivity index (χ1n) is 6.48. The molecule has 0 saturated heterocycles. The van der Waals surface area contributed by atoms with Gasteiger partial charge in [-0.25, -0.2) is 0 Å². The molecule has 8 heteroatoms. The monoisotopic (exact) mass is 313 g/mol. The summed E-state index contributed by atoms with van der Waals surface area (Å²) in [6.07, 6.45) is -1.97. The fraction of sp³-hybridized carbons (Fsp3) is 0.750. The van der Waals surface area contributed by atoms with E-state index < -0.39 is 18.8 Å². The molecule has 0 fully saturated rings. The van der Waals surface area contributed by atoms with E-state index in [1.807, 2.05) is 13.8 Å². The topological polar surface area (TPSA) is 39.1 Å². The molecule has 0 spiro atoms. The van der Waals surface area contributed by atoms with Crippen molar-refractivity contribution < 1.29 is 17.9 Å². The molecule has 1 rings (SSSR count). The van der Waals surface area contributed by atoms with Crippen LogP contribution in [0.1, 0.15) is 32.0 Å². The first-order chi connectivity index (χ1) is 9.39. The Balaban J connectivity index is 2.77. The summed E-state index contributed by atoms with van der Waals surface area (Å²) in [7, 11) is 0. The molecule has 1 aromatic heterocycles. The zero-order chi connectivity index (χ0) is 15.2. The summed E-state index contributed by atoms with van der Waals surface area (Å²) in [5.41, 5.74) is 0.664. The number of aromatic nitrogens is 2. The van der Waals surface area contributed by atoms with Gasteiger partial charge in [0.15, 0.2) is 0 Å². The van der Waals surface area contributed by atoms with Gasteiger partial charge >= 0.3 is 6.18 Å². The Kier molecular flexibility index (Phi) is 6.78. The summed E-state index contributed by atoms with van der Waals surface area (Å²) in [4.78, 5) is 0. The molecular formula is C12H19ClF3N3O. The van der Waals surface area contributed by atoms with Gasteiger partial charge in [-0.3, -0.25) is 4.68 Å². The van der Waals surface area contributed by atoms with Crippen LogP contribution < -0.4 is 5.32 Å². The molecule has 0 aliphatic carbocycles. The Hall–Kier alpha value is -0.790. The summed E-state index contributed by atoms with van der Waals surface area (Å²) < 4.78 is 42.8. The predicted octanol–water partition coefficient (Wildman–Crippen LogP) is 3.18. The highest BCUT2D eigenvalue weighted by molar-refractivity contribution is 6.31. The van der Waals surface area contributed by atoms with Gasteiger partial charge in [0.2, 0.25) is 0 Å². The molecule has 0 aliphatic heterocycles. The summed E-state index contributed by atoms with van der Waals surface area (Å²) in [5, 5.41) is 7.64. The summed E-state index contributed by atoms with van der Waals surface area (Å²) >= 11 is 6.08. The molecule has 0 amide bonds. The number of aryl methyl sites for hydroxylation is 1. The lowest BCUT2D eigenvalue weighted by Gasteiger charge is -2.20. The van der Waals surface area contributed by atoms with E-state index in [2.05, 4.69) is 10.4 Å². The van der Waals surface area contributed by atoms with Crippen LogP contribution >= 0.6 is 11.6 Å². The Morgan fingerprint density at radius 1 is 1.45 bits per heavy atom. The summed E-state index contributed by atoms with van der Waals surface area (Å²) in [5.74, 6) is 0.